The zero-order chi connectivity index (χ0) is 28.6. The largest absolute Gasteiger partial charge is 0.491 e. The second-order valence-electron chi connectivity index (χ2n) is 9.18. The van der Waals surface area contributed by atoms with Crippen LogP contribution in [0.1, 0.15) is 49.5 Å². The summed E-state index contributed by atoms with van der Waals surface area (Å²) in [5, 5.41) is 14.1. The summed E-state index contributed by atoms with van der Waals surface area (Å²) in [7, 11) is 1.67. The molecule has 0 radical (unpaired) electrons. The Morgan fingerprint density at radius 2 is 1.69 bits per heavy atom. The van der Waals surface area contributed by atoms with Crippen LogP contribution in [0.5, 0.6) is 5.75 Å². The van der Waals surface area contributed by atoms with Crippen LogP contribution in [0.15, 0.2) is 60.7 Å². The molecule has 0 saturated heterocycles. The van der Waals surface area contributed by atoms with Gasteiger partial charge in [-0.25, -0.2) is 4.79 Å². The van der Waals surface area contributed by atoms with E-state index >= 15 is 0 Å². The van der Waals surface area contributed by atoms with Gasteiger partial charge in [0.25, 0.3) is 0 Å². The minimum Gasteiger partial charge on any atom is -0.491 e. The fraction of sp³-hybridized carbons (Fsp3) is 0.419. The molecule has 0 saturated carbocycles. The lowest BCUT2D eigenvalue weighted by atomic mass is 10.0. The zero-order valence-electron chi connectivity index (χ0n) is 23.6. The quantitative estimate of drug-likeness (QED) is 0.150. The Bertz CT molecular complexity index is 1180. The van der Waals surface area contributed by atoms with Gasteiger partial charge in [0.1, 0.15) is 18.4 Å². The molecular formula is C31H43N3O5. The number of rotatable bonds is 14. The number of esters is 1. The minimum absolute atomic E-state index is 0.340. The molecule has 0 heterocycles. The zero-order valence-corrected chi connectivity index (χ0v) is 23.6. The Morgan fingerprint density at radius 3 is 2.33 bits per heavy atom. The normalized spacial score (nSPS) is 11.5. The van der Waals surface area contributed by atoms with Gasteiger partial charge in [-0.1, -0.05) is 69.7 Å². The van der Waals surface area contributed by atoms with E-state index in [0.29, 0.717) is 36.6 Å². The SMILES string of the molecule is CCCCOc1cc(C(=O)OCCN(CC)CC)ccc1N.CN[C@H](Cc1ccc2ccccc2c1)C(=O)O. The van der Waals surface area contributed by atoms with Gasteiger partial charge in [-0.3, -0.25) is 4.79 Å². The van der Waals surface area contributed by atoms with E-state index in [0.717, 1.165) is 43.4 Å². The number of carboxylic acids is 1. The lowest BCUT2D eigenvalue weighted by Gasteiger charge is -2.17. The van der Waals surface area contributed by atoms with Crippen LogP contribution in [0.25, 0.3) is 10.8 Å². The number of nitrogen functional groups attached to an aromatic ring is 1. The van der Waals surface area contributed by atoms with Crippen molar-refractivity contribution < 1.29 is 24.2 Å². The van der Waals surface area contributed by atoms with Gasteiger partial charge < -0.3 is 30.5 Å². The highest BCUT2D eigenvalue weighted by Gasteiger charge is 2.15. The van der Waals surface area contributed by atoms with Crippen molar-refractivity contribution >= 4 is 28.4 Å². The number of fused-ring (bicyclic) bond motifs is 1. The summed E-state index contributed by atoms with van der Waals surface area (Å²) in [6.45, 7) is 9.90. The number of nitrogens with one attached hydrogen (secondary N) is 1. The molecule has 0 fully saturated rings. The summed E-state index contributed by atoms with van der Waals surface area (Å²) in [6.07, 6.45) is 2.50. The molecule has 3 aromatic carbocycles. The lowest BCUT2D eigenvalue weighted by molar-refractivity contribution is -0.139. The molecule has 3 rings (SSSR count). The van der Waals surface area contributed by atoms with Crippen molar-refractivity contribution in [3.05, 3.63) is 71.8 Å². The number of anilines is 1. The second-order valence-corrected chi connectivity index (χ2v) is 9.18. The Kier molecular flexibility index (Phi) is 13.8. The number of carboxylic acid groups (broad SMARTS) is 1. The van der Waals surface area contributed by atoms with Gasteiger partial charge in [0.15, 0.2) is 0 Å². The van der Waals surface area contributed by atoms with Gasteiger partial charge in [0.05, 0.1) is 17.9 Å². The van der Waals surface area contributed by atoms with Gasteiger partial charge >= 0.3 is 11.9 Å². The molecule has 8 nitrogen and oxygen atoms in total. The van der Waals surface area contributed by atoms with Crippen molar-refractivity contribution in [2.75, 3.05) is 45.6 Å². The topological polar surface area (TPSA) is 114 Å². The van der Waals surface area contributed by atoms with E-state index < -0.39 is 12.0 Å². The number of unbranched alkanes of at least 4 members (excludes halogenated alkanes) is 1. The van der Waals surface area contributed by atoms with Crippen molar-refractivity contribution in [3.63, 3.8) is 0 Å². The molecule has 3 aromatic rings. The lowest BCUT2D eigenvalue weighted by Crippen LogP contribution is -2.35. The molecule has 8 heteroatoms. The molecule has 4 N–H and O–H groups in total. The summed E-state index contributed by atoms with van der Waals surface area (Å²) in [5.74, 6) is -0.611. The van der Waals surface area contributed by atoms with Gasteiger partial charge in [0, 0.05) is 6.54 Å². The van der Waals surface area contributed by atoms with E-state index in [9.17, 15) is 9.59 Å². The number of carbonyl (C=O) groups excluding carboxylic acids is 1. The van der Waals surface area contributed by atoms with E-state index in [1.54, 1.807) is 25.2 Å². The fourth-order valence-corrected chi connectivity index (χ4v) is 3.92. The van der Waals surface area contributed by atoms with Crippen LogP contribution >= 0.6 is 0 Å². The Hall–Kier alpha value is -3.62. The van der Waals surface area contributed by atoms with Crippen LogP contribution in [0, 0.1) is 0 Å². The van der Waals surface area contributed by atoms with Gasteiger partial charge in [-0.15, -0.1) is 0 Å². The maximum absolute atomic E-state index is 12.1. The molecule has 0 unspecified atom stereocenters. The first kappa shape index (κ1) is 31.6. The minimum atomic E-state index is -0.819. The van der Waals surface area contributed by atoms with Crippen LogP contribution in [0.4, 0.5) is 5.69 Å². The Morgan fingerprint density at radius 1 is 0.974 bits per heavy atom. The predicted molar refractivity (Wildman–Crippen MR) is 157 cm³/mol. The van der Waals surface area contributed by atoms with E-state index in [4.69, 9.17) is 20.3 Å². The molecule has 0 spiro atoms. The highest BCUT2D eigenvalue weighted by atomic mass is 16.5. The molecule has 0 aromatic heterocycles. The summed E-state index contributed by atoms with van der Waals surface area (Å²) < 4.78 is 10.9. The van der Waals surface area contributed by atoms with Crippen molar-refractivity contribution in [1.29, 1.82) is 0 Å². The number of nitrogens with two attached hydrogens (primary N) is 1. The second kappa shape index (κ2) is 17.1. The third-order valence-corrected chi connectivity index (χ3v) is 6.44. The van der Waals surface area contributed by atoms with E-state index in [1.165, 1.54) is 5.39 Å². The number of ether oxygens (including phenoxy) is 2. The average molecular weight is 538 g/mol. The third-order valence-electron chi connectivity index (χ3n) is 6.44. The molecule has 212 valence electrons. The Labute approximate surface area is 232 Å². The van der Waals surface area contributed by atoms with Gasteiger partial charge in [-0.05, 0) is 67.5 Å². The molecule has 0 amide bonds. The monoisotopic (exact) mass is 537 g/mol. The fourth-order valence-electron chi connectivity index (χ4n) is 3.92. The van der Waals surface area contributed by atoms with Gasteiger partial charge in [-0.2, -0.15) is 0 Å². The summed E-state index contributed by atoms with van der Waals surface area (Å²) in [4.78, 5) is 25.2. The number of hydrogen-bond donors (Lipinski definition) is 3. The summed E-state index contributed by atoms with van der Waals surface area (Å²) in [5.41, 5.74) is 7.91. The van der Waals surface area contributed by atoms with Crippen LogP contribution < -0.4 is 15.8 Å². The first-order valence-corrected chi connectivity index (χ1v) is 13.6. The van der Waals surface area contributed by atoms with Crippen molar-refractivity contribution in [3.8, 4) is 5.75 Å². The van der Waals surface area contributed by atoms with Gasteiger partial charge in [0.2, 0.25) is 0 Å². The number of carbonyl (C=O) groups is 2. The smallest absolute Gasteiger partial charge is 0.338 e. The van der Waals surface area contributed by atoms with E-state index in [2.05, 4.69) is 31.0 Å². The molecular weight excluding hydrogens is 494 g/mol. The highest BCUT2D eigenvalue weighted by molar-refractivity contribution is 5.90. The van der Waals surface area contributed by atoms with E-state index in [1.807, 2.05) is 42.5 Å². The standard InChI is InChI=1S/C17H28N2O3.C14H15NO2/c1-4-7-11-21-16-13-14(8-9-15(16)18)17(20)22-12-10-19(5-2)6-3;1-15-13(14(16)17)9-10-6-7-11-4-2-3-5-12(11)8-10/h8-9,13H,4-7,10-12,18H2,1-3H3;2-8,13,15H,9H2,1H3,(H,16,17)/t;13-/m.1/s1. The number of likely N-dealkylation sites (N-methyl/N-ethyl adjacent to an activating group) is 2. The average Bonchev–Trinajstić information content (AvgIpc) is 2.95. The van der Waals surface area contributed by atoms with Crippen LogP contribution in [0.3, 0.4) is 0 Å². The van der Waals surface area contributed by atoms with E-state index in [-0.39, 0.29) is 5.97 Å². The van der Waals surface area contributed by atoms with Crippen LogP contribution in [-0.4, -0.2) is 67.9 Å². The molecule has 1 atom stereocenters. The van der Waals surface area contributed by atoms with Crippen molar-refractivity contribution in [1.82, 2.24) is 10.2 Å². The maximum Gasteiger partial charge on any atom is 0.338 e. The first-order chi connectivity index (χ1) is 18.8. The van der Waals surface area contributed by atoms with Crippen LogP contribution in [-0.2, 0) is 16.0 Å². The number of hydrogen-bond acceptors (Lipinski definition) is 7. The van der Waals surface area contributed by atoms with Crippen LogP contribution in [0.2, 0.25) is 0 Å². The predicted octanol–water partition coefficient (Wildman–Crippen LogP) is 5.00. The number of aliphatic carboxylic acids is 1. The summed E-state index contributed by atoms with van der Waals surface area (Å²) in [6, 6.07) is 18.6. The number of nitrogens with zero attached hydrogens (tertiary/aromatic N) is 1. The Balaban J connectivity index is 0.000000282. The van der Waals surface area contributed by atoms with Crippen molar-refractivity contribution in [2.45, 2.75) is 46.1 Å². The molecule has 0 aliphatic heterocycles. The molecule has 0 aliphatic carbocycles. The molecule has 39 heavy (non-hydrogen) atoms. The maximum atomic E-state index is 12.1. The highest BCUT2D eigenvalue weighted by Crippen LogP contribution is 2.23. The third kappa shape index (κ3) is 10.6. The summed E-state index contributed by atoms with van der Waals surface area (Å²) >= 11 is 0. The molecule has 0 aliphatic rings. The number of benzene rings is 3. The first-order valence-electron chi connectivity index (χ1n) is 13.6. The van der Waals surface area contributed by atoms with Crippen molar-refractivity contribution in [2.24, 2.45) is 0 Å². The molecule has 0 bridgehead atoms.